The smallest absolute Gasteiger partial charge is 0.130 e. The van der Waals surface area contributed by atoms with Crippen molar-refractivity contribution in [1.82, 2.24) is 0 Å². The zero-order valence-electron chi connectivity index (χ0n) is 7.70. The molecule has 15 heavy (non-hydrogen) atoms. The number of hydrogen-bond acceptors (Lipinski definition) is 2. The molecule has 0 unspecified atom stereocenters. The summed E-state index contributed by atoms with van der Waals surface area (Å²) in [5, 5.41) is 12.1. The Morgan fingerprint density at radius 1 is 1.00 bits per heavy atom. The number of fused-ring (bicyclic) bond motifs is 3. The van der Waals surface area contributed by atoms with Crippen molar-refractivity contribution in [2.75, 3.05) is 0 Å². The molecule has 1 heterocycles. The Hall–Kier alpha value is -0.810. The summed E-state index contributed by atoms with van der Waals surface area (Å²) in [5.74, 6) is 0.370. The van der Waals surface area contributed by atoms with Crippen molar-refractivity contribution in [1.29, 1.82) is 0 Å². The van der Waals surface area contributed by atoms with Gasteiger partial charge < -0.3 is 5.11 Å². The second kappa shape index (κ2) is 3.35. The van der Waals surface area contributed by atoms with Gasteiger partial charge in [-0.15, -0.1) is 11.3 Å². The molecule has 2 aromatic carbocycles. The SMILES string of the molecule is Oc1cc2sc3ccccc3c2cc1I. The van der Waals surface area contributed by atoms with Gasteiger partial charge in [0, 0.05) is 20.2 Å². The molecule has 0 aliphatic heterocycles. The average Bonchev–Trinajstić information content (AvgIpc) is 2.57. The third-order valence-corrected chi connectivity index (χ3v) is 4.44. The van der Waals surface area contributed by atoms with Gasteiger partial charge in [-0.3, -0.25) is 0 Å². The lowest BCUT2D eigenvalue weighted by Crippen LogP contribution is -1.72. The molecule has 0 radical (unpaired) electrons. The van der Waals surface area contributed by atoms with Gasteiger partial charge in [0.15, 0.2) is 0 Å². The third kappa shape index (κ3) is 1.41. The van der Waals surface area contributed by atoms with Crippen molar-refractivity contribution >= 4 is 54.1 Å². The number of hydrogen-bond donors (Lipinski definition) is 1. The molecule has 3 heteroatoms. The van der Waals surface area contributed by atoms with Crippen LogP contribution in [0.15, 0.2) is 36.4 Å². The second-order valence-electron chi connectivity index (χ2n) is 3.40. The zero-order chi connectivity index (χ0) is 10.4. The number of benzene rings is 2. The van der Waals surface area contributed by atoms with E-state index in [1.165, 1.54) is 15.5 Å². The number of phenols is 1. The molecule has 3 rings (SSSR count). The van der Waals surface area contributed by atoms with Crippen LogP contribution >= 0.6 is 33.9 Å². The van der Waals surface area contributed by atoms with E-state index in [2.05, 4.69) is 34.7 Å². The van der Waals surface area contributed by atoms with Crippen molar-refractivity contribution in [3.63, 3.8) is 0 Å². The predicted molar refractivity (Wildman–Crippen MR) is 73.7 cm³/mol. The number of rotatable bonds is 0. The summed E-state index contributed by atoms with van der Waals surface area (Å²) in [6.07, 6.45) is 0. The summed E-state index contributed by atoms with van der Waals surface area (Å²) in [5.41, 5.74) is 0. The number of phenolic OH excluding ortho intramolecular Hbond substituents is 1. The number of aromatic hydroxyl groups is 1. The highest BCUT2D eigenvalue weighted by Crippen LogP contribution is 2.37. The summed E-state index contributed by atoms with van der Waals surface area (Å²) in [4.78, 5) is 0. The van der Waals surface area contributed by atoms with E-state index in [1.807, 2.05) is 24.3 Å². The van der Waals surface area contributed by atoms with Gasteiger partial charge in [0.05, 0.1) is 3.57 Å². The van der Waals surface area contributed by atoms with Gasteiger partial charge in [0.2, 0.25) is 0 Å². The lowest BCUT2D eigenvalue weighted by Gasteiger charge is -1.96. The van der Waals surface area contributed by atoms with Crippen molar-refractivity contribution in [3.05, 3.63) is 40.0 Å². The molecule has 74 valence electrons. The van der Waals surface area contributed by atoms with Crippen LogP contribution in [-0.4, -0.2) is 5.11 Å². The first-order valence-corrected chi connectivity index (χ1v) is 6.45. The first-order valence-electron chi connectivity index (χ1n) is 4.55. The number of halogens is 1. The van der Waals surface area contributed by atoms with Crippen molar-refractivity contribution in [2.45, 2.75) is 0 Å². The standard InChI is InChI=1S/C12H7IOS/c13-9-5-8-7-3-1-2-4-11(7)15-12(8)6-10(9)14/h1-6,14H. The van der Waals surface area contributed by atoms with Crippen LogP contribution in [0.4, 0.5) is 0 Å². The van der Waals surface area contributed by atoms with Gasteiger partial charge in [-0.1, -0.05) is 18.2 Å². The lowest BCUT2D eigenvalue weighted by molar-refractivity contribution is 0.472. The van der Waals surface area contributed by atoms with Crippen LogP contribution in [0.3, 0.4) is 0 Å². The maximum absolute atomic E-state index is 9.64. The molecular weight excluding hydrogens is 319 g/mol. The fraction of sp³-hybridized carbons (Fsp3) is 0. The highest BCUT2D eigenvalue weighted by Gasteiger charge is 2.07. The Kier molecular flexibility index (Phi) is 2.10. The maximum atomic E-state index is 9.64. The summed E-state index contributed by atoms with van der Waals surface area (Å²) >= 11 is 3.88. The van der Waals surface area contributed by atoms with Crippen LogP contribution in [-0.2, 0) is 0 Å². The lowest BCUT2D eigenvalue weighted by atomic mass is 10.1. The predicted octanol–water partition coefficient (Wildman–Crippen LogP) is 4.36. The fourth-order valence-corrected chi connectivity index (χ4v) is 3.32. The van der Waals surface area contributed by atoms with Crippen LogP contribution in [0.1, 0.15) is 0 Å². The summed E-state index contributed by atoms with van der Waals surface area (Å²) < 4.78 is 3.33. The molecule has 0 fully saturated rings. The second-order valence-corrected chi connectivity index (χ2v) is 5.64. The summed E-state index contributed by atoms with van der Waals surface area (Å²) in [6.45, 7) is 0. The van der Waals surface area contributed by atoms with E-state index in [9.17, 15) is 5.11 Å². The molecule has 0 aliphatic rings. The van der Waals surface area contributed by atoms with E-state index in [0.29, 0.717) is 5.75 Å². The minimum absolute atomic E-state index is 0.370. The Balaban J connectivity index is 2.56. The van der Waals surface area contributed by atoms with Gasteiger partial charge in [0.25, 0.3) is 0 Å². The van der Waals surface area contributed by atoms with E-state index >= 15 is 0 Å². The topological polar surface area (TPSA) is 20.2 Å². The van der Waals surface area contributed by atoms with Crippen LogP contribution in [0.5, 0.6) is 5.75 Å². The fourth-order valence-electron chi connectivity index (χ4n) is 1.73. The first-order chi connectivity index (χ1) is 7.25. The van der Waals surface area contributed by atoms with Gasteiger partial charge >= 0.3 is 0 Å². The molecule has 0 spiro atoms. The normalized spacial score (nSPS) is 11.3. The molecule has 1 aromatic heterocycles. The Morgan fingerprint density at radius 2 is 1.80 bits per heavy atom. The van der Waals surface area contributed by atoms with Crippen LogP contribution < -0.4 is 0 Å². The highest BCUT2D eigenvalue weighted by atomic mass is 127. The molecule has 1 nitrogen and oxygen atoms in total. The quantitative estimate of drug-likeness (QED) is 0.609. The molecule has 3 aromatic rings. The van der Waals surface area contributed by atoms with E-state index < -0.39 is 0 Å². The van der Waals surface area contributed by atoms with Crippen LogP contribution in [0.2, 0.25) is 0 Å². The van der Waals surface area contributed by atoms with E-state index in [4.69, 9.17) is 0 Å². The maximum Gasteiger partial charge on any atom is 0.130 e. The van der Waals surface area contributed by atoms with Crippen molar-refractivity contribution in [2.24, 2.45) is 0 Å². The Bertz CT molecular complexity index is 657. The summed E-state index contributed by atoms with van der Waals surface area (Å²) in [7, 11) is 0. The molecule has 0 bridgehead atoms. The molecule has 1 N–H and O–H groups in total. The Morgan fingerprint density at radius 3 is 2.67 bits per heavy atom. The van der Waals surface area contributed by atoms with Crippen LogP contribution in [0.25, 0.3) is 20.2 Å². The van der Waals surface area contributed by atoms with E-state index in [1.54, 1.807) is 11.3 Å². The minimum atomic E-state index is 0.370. The summed E-state index contributed by atoms with van der Waals surface area (Å²) in [6, 6.07) is 12.2. The molecule has 0 amide bonds. The van der Waals surface area contributed by atoms with Crippen LogP contribution in [0, 0.1) is 3.57 Å². The average molecular weight is 326 g/mol. The molecule has 0 saturated heterocycles. The first kappa shape index (κ1) is 9.42. The van der Waals surface area contributed by atoms with Crippen molar-refractivity contribution < 1.29 is 5.11 Å². The van der Waals surface area contributed by atoms with E-state index in [0.717, 1.165) is 8.27 Å². The third-order valence-electron chi connectivity index (χ3n) is 2.45. The van der Waals surface area contributed by atoms with Gasteiger partial charge in [0.1, 0.15) is 5.75 Å². The Labute approximate surface area is 104 Å². The monoisotopic (exact) mass is 326 g/mol. The molecular formula is C12H7IOS. The molecule has 0 atom stereocenters. The molecule has 0 aliphatic carbocycles. The highest BCUT2D eigenvalue weighted by molar-refractivity contribution is 14.1. The zero-order valence-corrected chi connectivity index (χ0v) is 10.7. The van der Waals surface area contributed by atoms with Gasteiger partial charge in [-0.25, -0.2) is 0 Å². The van der Waals surface area contributed by atoms with Gasteiger partial charge in [-0.05, 0) is 40.8 Å². The minimum Gasteiger partial charge on any atom is -0.507 e. The van der Waals surface area contributed by atoms with E-state index in [-0.39, 0.29) is 0 Å². The molecule has 0 saturated carbocycles. The van der Waals surface area contributed by atoms with Gasteiger partial charge in [-0.2, -0.15) is 0 Å². The largest absolute Gasteiger partial charge is 0.507 e. The van der Waals surface area contributed by atoms with Crippen molar-refractivity contribution in [3.8, 4) is 5.75 Å². The number of thiophene rings is 1.